The smallest absolute Gasteiger partial charge is 0.330 e. The summed E-state index contributed by atoms with van der Waals surface area (Å²) in [4.78, 5) is 33.4. The molecule has 3 rings (SSSR count). The molecule has 102 valence electrons. The van der Waals surface area contributed by atoms with Crippen molar-refractivity contribution in [1.82, 2.24) is 19.5 Å². The molecular formula is C12H17N5O2. The molecule has 2 aromatic heterocycles. The van der Waals surface area contributed by atoms with Crippen molar-refractivity contribution >= 4 is 17.1 Å². The monoisotopic (exact) mass is 263 g/mol. The van der Waals surface area contributed by atoms with Gasteiger partial charge in [0.05, 0.1) is 0 Å². The number of anilines is 1. The Bertz CT molecular complexity index is 705. The molecule has 3 N–H and O–H groups in total. The standard InChI is InChI=1S/C12H17N5O2/c1-13-11-14-8-9(15-11)17(12(19)16-10(8)18)7-5-3-2-4-6-7/h7H,2-6H2,1H3,(H2,13,14,15)(H,16,18,19). The summed E-state index contributed by atoms with van der Waals surface area (Å²) < 4.78 is 1.63. The van der Waals surface area contributed by atoms with Gasteiger partial charge in [-0.15, -0.1) is 0 Å². The molecule has 0 aromatic carbocycles. The second kappa shape index (κ2) is 4.56. The van der Waals surface area contributed by atoms with E-state index < -0.39 is 5.56 Å². The summed E-state index contributed by atoms with van der Waals surface area (Å²) in [7, 11) is 1.72. The van der Waals surface area contributed by atoms with Gasteiger partial charge < -0.3 is 10.3 Å². The molecule has 1 aliphatic carbocycles. The Morgan fingerprint density at radius 2 is 1.95 bits per heavy atom. The highest BCUT2D eigenvalue weighted by molar-refractivity contribution is 5.72. The topological polar surface area (TPSA) is 95.6 Å². The predicted molar refractivity (Wildman–Crippen MR) is 72.6 cm³/mol. The summed E-state index contributed by atoms with van der Waals surface area (Å²) in [6.45, 7) is 0. The molecule has 0 radical (unpaired) electrons. The van der Waals surface area contributed by atoms with Crippen molar-refractivity contribution < 1.29 is 0 Å². The zero-order valence-corrected chi connectivity index (χ0v) is 10.8. The van der Waals surface area contributed by atoms with E-state index in [1.807, 2.05) is 0 Å². The van der Waals surface area contributed by atoms with Gasteiger partial charge in [0.1, 0.15) is 0 Å². The first-order valence-electron chi connectivity index (χ1n) is 6.63. The predicted octanol–water partition coefficient (Wildman–Crippen LogP) is 0.960. The SMILES string of the molecule is CNc1nc2c([nH]1)c(=O)[nH]c(=O)n2C1CCCCC1. The van der Waals surface area contributed by atoms with Crippen LogP contribution in [0.1, 0.15) is 38.1 Å². The van der Waals surface area contributed by atoms with Crippen LogP contribution in [0.25, 0.3) is 11.2 Å². The van der Waals surface area contributed by atoms with Gasteiger partial charge in [-0.2, -0.15) is 4.98 Å². The summed E-state index contributed by atoms with van der Waals surface area (Å²) in [6, 6.07) is 0.133. The molecule has 0 aliphatic heterocycles. The molecule has 1 fully saturated rings. The lowest BCUT2D eigenvalue weighted by Gasteiger charge is -2.23. The van der Waals surface area contributed by atoms with Crippen LogP contribution >= 0.6 is 0 Å². The fraction of sp³-hybridized carbons (Fsp3) is 0.583. The van der Waals surface area contributed by atoms with Crippen molar-refractivity contribution in [3.63, 3.8) is 0 Å². The summed E-state index contributed by atoms with van der Waals surface area (Å²) in [5, 5.41) is 2.86. The molecule has 0 saturated heterocycles. The maximum atomic E-state index is 12.1. The number of H-pyrrole nitrogens is 2. The fourth-order valence-electron chi connectivity index (χ4n) is 2.81. The zero-order chi connectivity index (χ0) is 13.4. The number of hydrogen-bond donors (Lipinski definition) is 3. The third-order valence-electron chi connectivity index (χ3n) is 3.76. The molecule has 1 aliphatic rings. The number of aromatic nitrogens is 4. The molecule has 1 saturated carbocycles. The minimum atomic E-state index is -0.416. The van der Waals surface area contributed by atoms with Crippen LogP contribution in [-0.4, -0.2) is 26.6 Å². The average Bonchev–Trinajstić information content (AvgIpc) is 2.84. The maximum absolute atomic E-state index is 12.1. The van der Waals surface area contributed by atoms with Gasteiger partial charge in [-0.3, -0.25) is 14.3 Å². The molecule has 0 amide bonds. The Hall–Kier alpha value is -2.05. The second-order valence-electron chi connectivity index (χ2n) is 4.96. The first-order valence-corrected chi connectivity index (χ1v) is 6.63. The van der Waals surface area contributed by atoms with Crippen molar-refractivity contribution in [2.45, 2.75) is 38.1 Å². The Kier molecular flexibility index (Phi) is 2.88. The largest absolute Gasteiger partial charge is 0.359 e. The lowest BCUT2D eigenvalue weighted by atomic mass is 9.95. The van der Waals surface area contributed by atoms with Crippen molar-refractivity contribution in [3.8, 4) is 0 Å². The summed E-state index contributed by atoms with van der Waals surface area (Å²) >= 11 is 0. The maximum Gasteiger partial charge on any atom is 0.330 e. The van der Waals surface area contributed by atoms with Crippen molar-refractivity contribution in [2.75, 3.05) is 12.4 Å². The molecule has 0 spiro atoms. The number of rotatable bonds is 2. The third-order valence-corrected chi connectivity index (χ3v) is 3.76. The highest BCUT2D eigenvalue weighted by atomic mass is 16.2. The molecule has 2 aromatic rings. The highest BCUT2D eigenvalue weighted by Crippen LogP contribution is 2.28. The molecule has 7 heteroatoms. The van der Waals surface area contributed by atoms with Crippen LogP contribution in [0.2, 0.25) is 0 Å². The summed E-state index contributed by atoms with van der Waals surface area (Å²) in [5.74, 6) is 0.496. The minimum absolute atomic E-state index is 0.133. The second-order valence-corrected chi connectivity index (χ2v) is 4.96. The number of hydrogen-bond acceptors (Lipinski definition) is 4. The van der Waals surface area contributed by atoms with Gasteiger partial charge in [0.15, 0.2) is 11.2 Å². The lowest BCUT2D eigenvalue weighted by molar-refractivity contribution is 0.349. The molecule has 0 atom stereocenters. The van der Waals surface area contributed by atoms with E-state index in [1.54, 1.807) is 11.6 Å². The van der Waals surface area contributed by atoms with E-state index in [2.05, 4.69) is 20.3 Å². The van der Waals surface area contributed by atoms with Gasteiger partial charge in [0.25, 0.3) is 5.56 Å². The van der Waals surface area contributed by atoms with Crippen LogP contribution in [0.15, 0.2) is 9.59 Å². The van der Waals surface area contributed by atoms with E-state index in [0.717, 1.165) is 25.7 Å². The van der Waals surface area contributed by atoms with E-state index in [1.165, 1.54) is 6.42 Å². The van der Waals surface area contributed by atoms with E-state index in [4.69, 9.17) is 0 Å². The number of fused-ring (bicyclic) bond motifs is 1. The number of imidazole rings is 1. The van der Waals surface area contributed by atoms with Crippen LogP contribution in [0.3, 0.4) is 0 Å². The van der Waals surface area contributed by atoms with Crippen LogP contribution in [0.4, 0.5) is 5.95 Å². The molecule has 7 nitrogen and oxygen atoms in total. The average molecular weight is 263 g/mol. The first-order chi connectivity index (χ1) is 9.20. The van der Waals surface area contributed by atoms with Gasteiger partial charge >= 0.3 is 5.69 Å². The number of nitrogens with one attached hydrogen (secondary N) is 3. The Labute approximate surface area is 109 Å². The minimum Gasteiger partial charge on any atom is -0.359 e. The molecule has 0 bridgehead atoms. The van der Waals surface area contributed by atoms with Crippen LogP contribution in [-0.2, 0) is 0 Å². The fourth-order valence-corrected chi connectivity index (χ4v) is 2.81. The molecule has 0 unspecified atom stereocenters. The number of nitrogens with zero attached hydrogens (tertiary/aromatic N) is 2. The molecule has 19 heavy (non-hydrogen) atoms. The number of aromatic amines is 2. The Morgan fingerprint density at radius 1 is 1.21 bits per heavy atom. The van der Waals surface area contributed by atoms with Gasteiger partial charge in [-0.25, -0.2) is 4.79 Å². The Morgan fingerprint density at radius 3 is 2.63 bits per heavy atom. The zero-order valence-electron chi connectivity index (χ0n) is 10.8. The lowest BCUT2D eigenvalue weighted by Crippen LogP contribution is -2.33. The normalized spacial score (nSPS) is 16.9. The first kappa shape index (κ1) is 12.0. The Balaban J connectivity index is 2.24. The molecule has 2 heterocycles. The van der Waals surface area contributed by atoms with E-state index in [-0.39, 0.29) is 11.7 Å². The summed E-state index contributed by atoms with van der Waals surface area (Å²) in [5.41, 5.74) is 0.0270. The van der Waals surface area contributed by atoms with Gasteiger partial charge in [-0.1, -0.05) is 19.3 Å². The molecular weight excluding hydrogens is 246 g/mol. The highest BCUT2D eigenvalue weighted by Gasteiger charge is 2.21. The summed E-state index contributed by atoms with van der Waals surface area (Å²) in [6.07, 6.45) is 5.35. The van der Waals surface area contributed by atoms with Gasteiger partial charge in [0, 0.05) is 13.1 Å². The van der Waals surface area contributed by atoms with Gasteiger partial charge in [0.2, 0.25) is 5.95 Å². The van der Waals surface area contributed by atoms with Crippen molar-refractivity contribution in [1.29, 1.82) is 0 Å². The van der Waals surface area contributed by atoms with E-state index in [0.29, 0.717) is 17.1 Å². The van der Waals surface area contributed by atoms with Gasteiger partial charge in [-0.05, 0) is 12.8 Å². The van der Waals surface area contributed by atoms with E-state index >= 15 is 0 Å². The van der Waals surface area contributed by atoms with Crippen molar-refractivity contribution in [2.24, 2.45) is 0 Å². The van der Waals surface area contributed by atoms with Crippen LogP contribution < -0.4 is 16.6 Å². The quantitative estimate of drug-likeness (QED) is 0.752. The van der Waals surface area contributed by atoms with Crippen molar-refractivity contribution in [3.05, 3.63) is 20.8 Å². The third kappa shape index (κ3) is 1.94. The van der Waals surface area contributed by atoms with Crippen LogP contribution in [0.5, 0.6) is 0 Å². The van der Waals surface area contributed by atoms with E-state index in [9.17, 15) is 9.59 Å². The van der Waals surface area contributed by atoms with Crippen LogP contribution in [0, 0.1) is 0 Å².